The van der Waals surface area contributed by atoms with E-state index in [2.05, 4.69) is 10.6 Å². The molecule has 6 nitrogen and oxygen atoms in total. The Bertz CT molecular complexity index is 877. The van der Waals surface area contributed by atoms with E-state index in [-0.39, 0.29) is 11.6 Å². The highest BCUT2D eigenvalue weighted by molar-refractivity contribution is 6.33. The van der Waals surface area contributed by atoms with Crippen molar-refractivity contribution in [3.8, 4) is 0 Å². The maximum Gasteiger partial charge on any atom is 0.343 e. The third kappa shape index (κ3) is 5.29. The van der Waals surface area contributed by atoms with E-state index in [0.717, 1.165) is 17.2 Å². The van der Waals surface area contributed by atoms with Gasteiger partial charge in [0.05, 0.1) is 11.6 Å². The number of esters is 1. The van der Waals surface area contributed by atoms with E-state index in [1.807, 2.05) is 32.0 Å². The highest BCUT2D eigenvalue weighted by Gasteiger charge is 2.23. The van der Waals surface area contributed by atoms with Crippen molar-refractivity contribution in [2.75, 3.05) is 11.9 Å². The summed E-state index contributed by atoms with van der Waals surface area (Å²) in [5, 5.41) is 4.98. The summed E-state index contributed by atoms with van der Waals surface area (Å²) >= 11 is 5.80. The lowest BCUT2D eigenvalue weighted by Gasteiger charge is -2.15. The van der Waals surface area contributed by atoms with Crippen molar-refractivity contribution in [3.05, 3.63) is 63.9 Å². The van der Waals surface area contributed by atoms with Crippen LogP contribution in [0, 0.1) is 19.7 Å². The number of carbonyl (C=O) groups excluding carboxylic acids is 3. The topological polar surface area (TPSA) is 84.5 Å². The average Bonchev–Trinajstić information content (AvgIpc) is 2.62. The van der Waals surface area contributed by atoms with E-state index in [1.165, 1.54) is 19.1 Å². The first kappa shape index (κ1) is 21.4. The molecule has 0 saturated heterocycles. The van der Waals surface area contributed by atoms with Gasteiger partial charge in [-0.2, -0.15) is 0 Å². The zero-order chi connectivity index (χ0) is 20.8. The molecule has 1 atom stereocenters. The summed E-state index contributed by atoms with van der Waals surface area (Å²) in [6, 6.07) is 9.33. The number of aryl methyl sites for hydroxylation is 2. The van der Waals surface area contributed by atoms with Crippen LogP contribution in [0.3, 0.4) is 0 Å². The van der Waals surface area contributed by atoms with Crippen LogP contribution in [0.4, 0.5) is 10.1 Å². The van der Waals surface area contributed by atoms with Crippen LogP contribution >= 0.6 is 11.6 Å². The van der Waals surface area contributed by atoms with Crippen LogP contribution in [0.15, 0.2) is 36.4 Å². The van der Waals surface area contributed by atoms with E-state index >= 15 is 0 Å². The van der Waals surface area contributed by atoms with Gasteiger partial charge in [-0.05, 0) is 44.0 Å². The zero-order valence-electron chi connectivity index (χ0n) is 15.6. The Morgan fingerprint density at radius 3 is 2.32 bits per heavy atom. The Labute approximate surface area is 167 Å². The van der Waals surface area contributed by atoms with Crippen LogP contribution in [-0.2, 0) is 14.3 Å². The summed E-state index contributed by atoms with van der Waals surface area (Å²) in [5.74, 6) is -3.04. The van der Waals surface area contributed by atoms with Gasteiger partial charge in [0.15, 0.2) is 6.10 Å². The van der Waals surface area contributed by atoms with Crippen molar-refractivity contribution in [3.63, 3.8) is 0 Å². The van der Waals surface area contributed by atoms with E-state index < -0.39 is 35.3 Å². The zero-order valence-corrected chi connectivity index (χ0v) is 16.4. The standard InChI is InChI=1S/C20H20ClFN2O4/c1-11-6-4-7-12(2)18(11)24-16(25)10-23-19(26)13(3)28-20(27)17-14(21)8-5-9-15(17)22/h4-9,13H,10H2,1-3H3,(H,23,26)(H,24,25). The smallest absolute Gasteiger partial charge is 0.343 e. The molecule has 0 aliphatic heterocycles. The molecule has 2 aromatic rings. The first-order valence-electron chi connectivity index (χ1n) is 8.49. The van der Waals surface area contributed by atoms with Gasteiger partial charge in [0.25, 0.3) is 5.91 Å². The van der Waals surface area contributed by atoms with Crippen molar-refractivity contribution < 1.29 is 23.5 Å². The minimum Gasteiger partial charge on any atom is -0.449 e. The van der Waals surface area contributed by atoms with Gasteiger partial charge < -0.3 is 15.4 Å². The molecule has 0 radical (unpaired) electrons. The molecule has 2 rings (SSSR count). The fraction of sp³-hybridized carbons (Fsp3) is 0.250. The molecule has 0 heterocycles. The summed E-state index contributed by atoms with van der Waals surface area (Å²) in [5.41, 5.74) is 2.01. The van der Waals surface area contributed by atoms with Crippen LogP contribution in [0.5, 0.6) is 0 Å². The summed E-state index contributed by atoms with van der Waals surface area (Å²) < 4.78 is 18.7. The molecule has 0 fully saturated rings. The Kier molecular flexibility index (Phi) is 7.12. The molecule has 0 spiro atoms. The number of carbonyl (C=O) groups is 3. The Hall–Kier alpha value is -2.93. The normalized spacial score (nSPS) is 11.5. The lowest BCUT2D eigenvalue weighted by molar-refractivity contribution is -0.130. The van der Waals surface area contributed by atoms with Crippen LogP contribution in [0.1, 0.15) is 28.4 Å². The monoisotopic (exact) mass is 406 g/mol. The van der Waals surface area contributed by atoms with Gasteiger partial charge in [0, 0.05) is 5.69 Å². The number of hydrogen-bond donors (Lipinski definition) is 2. The lowest BCUT2D eigenvalue weighted by atomic mass is 10.1. The van der Waals surface area contributed by atoms with Gasteiger partial charge in [-0.1, -0.05) is 35.9 Å². The van der Waals surface area contributed by atoms with Crippen molar-refractivity contribution in [2.24, 2.45) is 0 Å². The predicted octanol–water partition coefficient (Wildman–Crippen LogP) is 3.40. The van der Waals surface area contributed by atoms with Gasteiger partial charge in [-0.25, -0.2) is 9.18 Å². The molecule has 2 N–H and O–H groups in total. The molecule has 0 aliphatic rings. The number of hydrogen-bond acceptors (Lipinski definition) is 4. The summed E-state index contributed by atoms with van der Waals surface area (Å²) in [6.45, 7) is 4.72. The van der Waals surface area contributed by atoms with Crippen molar-refractivity contribution in [1.82, 2.24) is 5.32 Å². The van der Waals surface area contributed by atoms with Gasteiger partial charge in [0.1, 0.15) is 11.4 Å². The van der Waals surface area contributed by atoms with Crippen LogP contribution in [-0.4, -0.2) is 30.4 Å². The first-order chi connectivity index (χ1) is 13.2. The lowest BCUT2D eigenvalue weighted by Crippen LogP contribution is -2.40. The quantitative estimate of drug-likeness (QED) is 0.720. The molecule has 8 heteroatoms. The Morgan fingerprint density at radius 1 is 1.11 bits per heavy atom. The second-order valence-electron chi connectivity index (χ2n) is 6.18. The third-order valence-electron chi connectivity index (χ3n) is 3.99. The van der Waals surface area contributed by atoms with Gasteiger partial charge in [-0.3, -0.25) is 9.59 Å². The highest BCUT2D eigenvalue weighted by atomic mass is 35.5. The van der Waals surface area contributed by atoms with Gasteiger partial charge in [0.2, 0.25) is 5.91 Å². The highest BCUT2D eigenvalue weighted by Crippen LogP contribution is 2.21. The molecule has 0 aromatic heterocycles. The largest absolute Gasteiger partial charge is 0.449 e. The van der Waals surface area contributed by atoms with Gasteiger partial charge in [-0.15, -0.1) is 0 Å². The fourth-order valence-electron chi connectivity index (χ4n) is 2.47. The number of nitrogens with one attached hydrogen (secondary N) is 2. The maximum absolute atomic E-state index is 13.7. The second kappa shape index (κ2) is 9.32. The number of para-hydroxylation sites is 1. The molecular weight excluding hydrogens is 387 g/mol. The SMILES string of the molecule is Cc1cccc(C)c1NC(=O)CNC(=O)C(C)OC(=O)c1c(F)cccc1Cl. The molecule has 148 valence electrons. The van der Waals surface area contributed by atoms with Crippen molar-refractivity contribution in [1.29, 1.82) is 0 Å². The number of amides is 2. The predicted molar refractivity (Wildman–Crippen MR) is 104 cm³/mol. The van der Waals surface area contributed by atoms with Crippen LogP contribution in [0.2, 0.25) is 5.02 Å². The van der Waals surface area contributed by atoms with Gasteiger partial charge >= 0.3 is 5.97 Å². The Morgan fingerprint density at radius 2 is 1.71 bits per heavy atom. The van der Waals surface area contributed by atoms with E-state index in [1.54, 1.807) is 0 Å². The molecule has 0 aliphatic carbocycles. The minimum atomic E-state index is -1.24. The first-order valence-corrected chi connectivity index (χ1v) is 8.87. The number of anilines is 1. The van der Waals surface area contributed by atoms with E-state index in [4.69, 9.17) is 16.3 Å². The van der Waals surface area contributed by atoms with E-state index in [0.29, 0.717) is 5.69 Å². The fourth-order valence-corrected chi connectivity index (χ4v) is 2.71. The molecule has 2 amide bonds. The number of benzene rings is 2. The third-order valence-corrected chi connectivity index (χ3v) is 4.30. The molecule has 0 saturated carbocycles. The van der Waals surface area contributed by atoms with Crippen molar-refractivity contribution in [2.45, 2.75) is 26.9 Å². The summed E-state index contributed by atoms with van der Waals surface area (Å²) in [4.78, 5) is 36.2. The van der Waals surface area contributed by atoms with Crippen molar-refractivity contribution >= 4 is 35.1 Å². The molecule has 0 bridgehead atoms. The molecule has 2 aromatic carbocycles. The minimum absolute atomic E-state index is 0.120. The Balaban J connectivity index is 1.90. The number of halogens is 2. The van der Waals surface area contributed by atoms with Crippen LogP contribution in [0.25, 0.3) is 0 Å². The second-order valence-corrected chi connectivity index (χ2v) is 6.58. The number of rotatable bonds is 6. The summed E-state index contributed by atoms with van der Waals surface area (Å²) in [6.07, 6.45) is -1.24. The molecular formula is C20H20ClFN2O4. The number of ether oxygens (including phenoxy) is 1. The van der Waals surface area contributed by atoms with E-state index in [9.17, 15) is 18.8 Å². The maximum atomic E-state index is 13.7. The molecule has 1 unspecified atom stereocenters. The molecule has 28 heavy (non-hydrogen) atoms. The van der Waals surface area contributed by atoms with Crippen LogP contribution < -0.4 is 10.6 Å². The summed E-state index contributed by atoms with van der Waals surface area (Å²) in [7, 11) is 0. The average molecular weight is 407 g/mol.